The number of aryl methyl sites for hydroxylation is 1. The molecule has 0 spiro atoms. The number of nitrogens with one attached hydrogen (secondary N) is 1. The fraction of sp³-hybridized carbons (Fsp3) is 0.833. The average molecular weight is 510 g/mol. The Morgan fingerprint density at radius 3 is 2.52 bits per heavy atom. The lowest BCUT2D eigenvalue weighted by Gasteiger charge is -2.36. The van der Waals surface area contributed by atoms with E-state index in [4.69, 9.17) is 4.99 Å². The van der Waals surface area contributed by atoms with E-state index in [0.717, 1.165) is 81.9 Å². The van der Waals surface area contributed by atoms with E-state index in [1.807, 2.05) is 0 Å². The Labute approximate surface area is 184 Å². The number of aliphatic hydroxyl groups excluding tert-OH is 1. The average Bonchev–Trinajstić information content (AvgIpc) is 3.15. The van der Waals surface area contributed by atoms with E-state index in [1.54, 1.807) is 0 Å². The number of halogens is 1. The predicted octanol–water partition coefficient (Wildman–Crippen LogP) is 2.60. The molecule has 1 aliphatic rings. The van der Waals surface area contributed by atoms with Crippen molar-refractivity contribution in [2.24, 2.45) is 10.9 Å². The van der Waals surface area contributed by atoms with E-state index >= 15 is 0 Å². The van der Waals surface area contributed by atoms with Crippen molar-refractivity contribution < 1.29 is 5.11 Å². The summed E-state index contributed by atoms with van der Waals surface area (Å²) in [5.41, 5.74) is 0. The predicted molar refractivity (Wildman–Crippen MR) is 125 cm³/mol. The first-order valence-corrected chi connectivity index (χ1v) is 10.7. The van der Waals surface area contributed by atoms with Crippen LogP contribution in [0.2, 0.25) is 0 Å². The maximum absolute atomic E-state index is 9.25. The normalized spacial score (nSPS) is 16.2. The monoisotopic (exact) mass is 510 g/mol. The van der Waals surface area contributed by atoms with Crippen LogP contribution in [0.4, 0.5) is 5.13 Å². The third-order valence-corrected chi connectivity index (χ3v) is 5.51. The Kier molecular flexibility index (Phi) is 12.2. The molecular formula is C18H35IN6OS. The molecule has 156 valence electrons. The van der Waals surface area contributed by atoms with Gasteiger partial charge in [-0.3, -0.25) is 4.99 Å². The van der Waals surface area contributed by atoms with Crippen LogP contribution in [0.25, 0.3) is 0 Å². The Morgan fingerprint density at radius 1 is 1.22 bits per heavy atom. The minimum Gasteiger partial charge on any atom is -0.396 e. The lowest BCUT2D eigenvalue weighted by molar-refractivity contribution is 0.253. The summed E-state index contributed by atoms with van der Waals surface area (Å²) in [6.07, 6.45) is 3.98. The molecule has 1 unspecified atom stereocenters. The number of nitrogens with zero attached hydrogens (tertiary/aromatic N) is 5. The van der Waals surface area contributed by atoms with E-state index in [2.05, 4.69) is 45.2 Å². The molecule has 1 saturated heterocycles. The summed E-state index contributed by atoms with van der Waals surface area (Å²) in [6.45, 7) is 12.0. The summed E-state index contributed by atoms with van der Waals surface area (Å²) in [7, 11) is 0. The maximum atomic E-state index is 9.25. The van der Waals surface area contributed by atoms with Gasteiger partial charge >= 0.3 is 0 Å². The third kappa shape index (κ3) is 7.69. The summed E-state index contributed by atoms with van der Waals surface area (Å²) in [5.74, 6) is 2.40. The molecule has 1 aromatic rings. The molecular weight excluding hydrogens is 475 g/mol. The van der Waals surface area contributed by atoms with E-state index < -0.39 is 0 Å². The van der Waals surface area contributed by atoms with Crippen LogP contribution in [0.3, 0.4) is 0 Å². The van der Waals surface area contributed by atoms with Crippen LogP contribution in [-0.2, 0) is 6.42 Å². The summed E-state index contributed by atoms with van der Waals surface area (Å²) in [4.78, 5) is 14.1. The molecule has 7 nitrogen and oxygen atoms in total. The Bertz CT molecular complexity index is 542. The molecule has 1 aromatic heterocycles. The number of anilines is 1. The Hall–Kier alpha value is -0.680. The van der Waals surface area contributed by atoms with Crippen molar-refractivity contribution in [1.29, 1.82) is 0 Å². The highest BCUT2D eigenvalue weighted by molar-refractivity contribution is 14.0. The van der Waals surface area contributed by atoms with Gasteiger partial charge in [-0.2, -0.15) is 4.37 Å². The van der Waals surface area contributed by atoms with Crippen LogP contribution in [0.5, 0.6) is 0 Å². The molecule has 0 bridgehead atoms. The van der Waals surface area contributed by atoms with Crippen molar-refractivity contribution in [2.45, 2.75) is 46.5 Å². The highest BCUT2D eigenvalue weighted by atomic mass is 127. The van der Waals surface area contributed by atoms with Gasteiger partial charge in [0.1, 0.15) is 5.82 Å². The number of aliphatic imine (C=N–C) groups is 1. The van der Waals surface area contributed by atoms with Crippen molar-refractivity contribution in [1.82, 2.24) is 19.6 Å². The molecule has 0 saturated carbocycles. The first-order chi connectivity index (χ1) is 12.7. The number of hydrogen-bond donors (Lipinski definition) is 2. The van der Waals surface area contributed by atoms with E-state index in [9.17, 15) is 5.11 Å². The van der Waals surface area contributed by atoms with Gasteiger partial charge in [-0.25, -0.2) is 4.98 Å². The molecule has 1 atom stereocenters. The molecule has 2 N–H and O–H groups in total. The number of guanidine groups is 1. The zero-order valence-electron chi connectivity index (χ0n) is 16.9. The lowest BCUT2D eigenvalue weighted by Crippen LogP contribution is -2.52. The molecule has 1 fully saturated rings. The van der Waals surface area contributed by atoms with Gasteiger partial charge in [-0.05, 0) is 25.7 Å². The number of aliphatic hydroxyl groups is 1. The summed E-state index contributed by atoms with van der Waals surface area (Å²) >= 11 is 1.50. The van der Waals surface area contributed by atoms with Gasteiger partial charge in [-0.15, -0.1) is 24.0 Å². The smallest absolute Gasteiger partial charge is 0.205 e. The standard InChI is InChI=1S/C18H34N6OS.HI/c1-4-7-15(8-13-25)14-20-17(19-6-3)23-9-11-24(12-10-23)18-21-16(5-2)22-26-18;/h15,25H,4-14H2,1-3H3,(H,19,20);1H. The van der Waals surface area contributed by atoms with Crippen molar-refractivity contribution in [2.75, 3.05) is 50.8 Å². The summed E-state index contributed by atoms with van der Waals surface area (Å²) < 4.78 is 4.40. The van der Waals surface area contributed by atoms with Gasteiger partial charge in [0.25, 0.3) is 0 Å². The van der Waals surface area contributed by atoms with Gasteiger partial charge in [0, 0.05) is 63.8 Å². The topological polar surface area (TPSA) is 76.9 Å². The van der Waals surface area contributed by atoms with Crippen LogP contribution in [0.15, 0.2) is 4.99 Å². The molecule has 0 radical (unpaired) electrons. The maximum Gasteiger partial charge on any atom is 0.205 e. The van der Waals surface area contributed by atoms with Crippen molar-refractivity contribution >= 4 is 46.6 Å². The van der Waals surface area contributed by atoms with Crippen LogP contribution < -0.4 is 10.2 Å². The van der Waals surface area contributed by atoms with E-state index in [0.29, 0.717) is 5.92 Å². The second kappa shape index (κ2) is 13.5. The summed E-state index contributed by atoms with van der Waals surface area (Å²) in [6, 6.07) is 0. The zero-order chi connectivity index (χ0) is 18.8. The van der Waals surface area contributed by atoms with E-state index in [-0.39, 0.29) is 30.6 Å². The molecule has 2 heterocycles. The van der Waals surface area contributed by atoms with Gasteiger partial charge < -0.3 is 20.2 Å². The van der Waals surface area contributed by atoms with Crippen LogP contribution in [0, 0.1) is 5.92 Å². The van der Waals surface area contributed by atoms with Crippen LogP contribution >= 0.6 is 35.5 Å². The fourth-order valence-corrected chi connectivity index (χ4v) is 3.99. The van der Waals surface area contributed by atoms with Crippen LogP contribution in [0.1, 0.15) is 45.9 Å². The molecule has 1 aliphatic heterocycles. The highest BCUT2D eigenvalue weighted by Crippen LogP contribution is 2.19. The molecule has 9 heteroatoms. The van der Waals surface area contributed by atoms with E-state index in [1.165, 1.54) is 11.5 Å². The van der Waals surface area contributed by atoms with Crippen LogP contribution in [-0.4, -0.2) is 71.2 Å². The molecule has 27 heavy (non-hydrogen) atoms. The van der Waals surface area contributed by atoms with Gasteiger partial charge in [-0.1, -0.05) is 20.3 Å². The number of aromatic nitrogens is 2. The highest BCUT2D eigenvalue weighted by Gasteiger charge is 2.22. The largest absolute Gasteiger partial charge is 0.396 e. The molecule has 0 aromatic carbocycles. The number of piperazine rings is 1. The minimum atomic E-state index is 0. The second-order valence-electron chi connectivity index (χ2n) is 6.68. The molecule has 0 aliphatic carbocycles. The zero-order valence-corrected chi connectivity index (χ0v) is 20.0. The minimum absolute atomic E-state index is 0. The van der Waals surface area contributed by atoms with Gasteiger partial charge in [0.05, 0.1) is 0 Å². The first-order valence-electron chi connectivity index (χ1n) is 9.93. The van der Waals surface area contributed by atoms with Crippen molar-refractivity contribution in [3.8, 4) is 0 Å². The Morgan fingerprint density at radius 2 is 1.96 bits per heavy atom. The second-order valence-corrected chi connectivity index (χ2v) is 7.41. The Balaban J connectivity index is 0.00000364. The fourth-order valence-electron chi connectivity index (χ4n) is 3.19. The third-order valence-electron chi connectivity index (χ3n) is 4.69. The summed E-state index contributed by atoms with van der Waals surface area (Å²) in [5, 5.41) is 13.7. The molecule has 2 rings (SSSR count). The SMILES string of the molecule is CCCC(CCO)CN=C(NCC)N1CCN(c2nc(CC)ns2)CC1.I. The van der Waals surface area contributed by atoms with Gasteiger partial charge in [0.15, 0.2) is 5.96 Å². The molecule has 0 amide bonds. The van der Waals surface area contributed by atoms with Crippen molar-refractivity contribution in [3.63, 3.8) is 0 Å². The quantitative estimate of drug-likeness (QED) is 0.302. The number of hydrogen-bond acceptors (Lipinski definition) is 6. The number of rotatable bonds is 9. The first kappa shape index (κ1) is 24.4. The van der Waals surface area contributed by atoms with Gasteiger partial charge in [0.2, 0.25) is 5.13 Å². The van der Waals surface area contributed by atoms with Crippen molar-refractivity contribution in [3.05, 3.63) is 5.82 Å². The lowest BCUT2D eigenvalue weighted by atomic mass is 10.0.